The van der Waals surface area contributed by atoms with Crippen molar-refractivity contribution in [2.75, 3.05) is 0 Å². The van der Waals surface area contributed by atoms with Gasteiger partial charge in [-0.3, -0.25) is 15.4 Å². The van der Waals surface area contributed by atoms with Gasteiger partial charge in [0.2, 0.25) is 0 Å². The van der Waals surface area contributed by atoms with Crippen LogP contribution >= 0.6 is 0 Å². The van der Waals surface area contributed by atoms with E-state index in [1.807, 2.05) is 43.3 Å². The summed E-state index contributed by atoms with van der Waals surface area (Å²) in [6, 6.07) is 22.3. The fourth-order valence-electron chi connectivity index (χ4n) is 2.95. The standard InChI is InChI=1S/C21H19FN2O2/c1-15(16-6-3-2-4-7-16)23-21(17-10-12-19(22)13-11-17)18-8-5-9-20(14-18)24(25)26/h2-15,21,23H,1H3/t15-,21?/m1/s1. The summed E-state index contributed by atoms with van der Waals surface area (Å²) >= 11 is 0. The second-order valence-corrected chi connectivity index (χ2v) is 6.14. The van der Waals surface area contributed by atoms with Gasteiger partial charge in [0, 0.05) is 18.2 Å². The number of non-ortho nitro benzene ring substituents is 1. The first kappa shape index (κ1) is 17.8. The van der Waals surface area contributed by atoms with Crippen molar-refractivity contribution in [3.05, 3.63) is 111 Å². The number of hydrogen-bond acceptors (Lipinski definition) is 3. The van der Waals surface area contributed by atoms with E-state index in [0.29, 0.717) is 0 Å². The van der Waals surface area contributed by atoms with Gasteiger partial charge in [0.25, 0.3) is 5.69 Å². The summed E-state index contributed by atoms with van der Waals surface area (Å²) < 4.78 is 13.3. The van der Waals surface area contributed by atoms with E-state index in [1.54, 1.807) is 24.3 Å². The van der Waals surface area contributed by atoms with Crippen LogP contribution in [0.3, 0.4) is 0 Å². The van der Waals surface area contributed by atoms with E-state index < -0.39 is 4.92 Å². The lowest BCUT2D eigenvalue weighted by Crippen LogP contribution is -2.25. The Labute approximate surface area is 151 Å². The lowest BCUT2D eigenvalue weighted by molar-refractivity contribution is -0.384. The Morgan fingerprint density at radius 1 is 0.885 bits per heavy atom. The lowest BCUT2D eigenvalue weighted by atomic mass is 9.96. The quantitative estimate of drug-likeness (QED) is 0.493. The predicted molar refractivity (Wildman–Crippen MR) is 99.3 cm³/mol. The molecule has 0 bridgehead atoms. The minimum Gasteiger partial charge on any atom is -0.300 e. The van der Waals surface area contributed by atoms with Crippen LogP contribution in [0.4, 0.5) is 10.1 Å². The molecule has 0 aromatic heterocycles. The van der Waals surface area contributed by atoms with Gasteiger partial charge >= 0.3 is 0 Å². The molecule has 132 valence electrons. The number of halogens is 1. The van der Waals surface area contributed by atoms with Crippen molar-refractivity contribution >= 4 is 5.69 Å². The topological polar surface area (TPSA) is 55.2 Å². The molecule has 0 radical (unpaired) electrons. The van der Waals surface area contributed by atoms with Crippen molar-refractivity contribution in [2.45, 2.75) is 19.0 Å². The molecule has 3 rings (SSSR count). The molecule has 2 atom stereocenters. The number of benzene rings is 3. The van der Waals surface area contributed by atoms with Crippen molar-refractivity contribution in [3.63, 3.8) is 0 Å². The minimum atomic E-state index is -0.411. The molecule has 1 N–H and O–H groups in total. The molecule has 5 heteroatoms. The Balaban J connectivity index is 1.98. The number of nitrogens with zero attached hydrogens (tertiary/aromatic N) is 1. The van der Waals surface area contributed by atoms with Crippen LogP contribution in [0, 0.1) is 15.9 Å². The Morgan fingerprint density at radius 2 is 1.54 bits per heavy atom. The summed E-state index contributed by atoms with van der Waals surface area (Å²) in [5.41, 5.74) is 2.73. The summed E-state index contributed by atoms with van der Waals surface area (Å²) in [5, 5.41) is 14.6. The molecule has 0 spiro atoms. The molecule has 0 amide bonds. The first-order valence-corrected chi connectivity index (χ1v) is 8.35. The zero-order valence-corrected chi connectivity index (χ0v) is 14.3. The molecule has 0 aliphatic heterocycles. The van der Waals surface area contributed by atoms with Crippen molar-refractivity contribution in [3.8, 4) is 0 Å². The number of nitrogens with one attached hydrogen (secondary N) is 1. The van der Waals surface area contributed by atoms with Crippen LogP contribution < -0.4 is 5.32 Å². The minimum absolute atomic E-state index is 0.00511. The van der Waals surface area contributed by atoms with E-state index in [2.05, 4.69) is 5.32 Å². The molecule has 0 aliphatic rings. The molecular weight excluding hydrogens is 331 g/mol. The van der Waals surface area contributed by atoms with Crippen molar-refractivity contribution in [1.29, 1.82) is 0 Å². The molecule has 0 saturated carbocycles. The van der Waals surface area contributed by atoms with Crippen LogP contribution in [0.15, 0.2) is 78.9 Å². The Kier molecular flexibility index (Phi) is 5.39. The Bertz CT molecular complexity index is 882. The highest BCUT2D eigenvalue weighted by Crippen LogP contribution is 2.28. The smallest absolute Gasteiger partial charge is 0.269 e. The van der Waals surface area contributed by atoms with Crippen LogP contribution in [-0.2, 0) is 0 Å². The average Bonchev–Trinajstić information content (AvgIpc) is 2.67. The van der Waals surface area contributed by atoms with Gasteiger partial charge < -0.3 is 0 Å². The second-order valence-electron chi connectivity index (χ2n) is 6.14. The van der Waals surface area contributed by atoms with Crippen LogP contribution in [0.2, 0.25) is 0 Å². The molecular formula is C21H19FN2O2. The predicted octanol–water partition coefficient (Wildman–Crippen LogP) is 5.17. The summed E-state index contributed by atoms with van der Waals surface area (Å²) in [4.78, 5) is 10.7. The second kappa shape index (κ2) is 7.89. The van der Waals surface area contributed by atoms with E-state index >= 15 is 0 Å². The molecule has 3 aromatic rings. The van der Waals surface area contributed by atoms with Gasteiger partial charge in [0.05, 0.1) is 11.0 Å². The highest BCUT2D eigenvalue weighted by molar-refractivity contribution is 5.40. The van der Waals surface area contributed by atoms with E-state index in [9.17, 15) is 14.5 Å². The van der Waals surface area contributed by atoms with Crippen molar-refractivity contribution in [1.82, 2.24) is 5.32 Å². The summed E-state index contributed by atoms with van der Waals surface area (Å²) in [6.07, 6.45) is 0. The summed E-state index contributed by atoms with van der Waals surface area (Å²) in [6.45, 7) is 2.03. The Morgan fingerprint density at radius 3 is 2.19 bits per heavy atom. The maximum atomic E-state index is 13.3. The monoisotopic (exact) mass is 350 g/mol. The summed E-state index contributed by atoms with van der Waals surface area (Å²) in [7, 11) is 0. The number of nitro groups is 1. The van der Waals surface area contributed by atoms with Crippen LogP contribution in [0.1, 0.15) is 35.7 Å². The molecule has 3 aromatic carbocycles. The molecule has 0 heterocycles. The number of hydrogen-bond donors (Lipinski definition) is 1. The molecule has 0 aliphatic carbocycles. The Hall–Kier alpha value is -3.05. The van der Waals surface area contributed by atoms with Gasteiger partial charge in [-0.1, -0.05) is 54.6 Å². The molecule has 26 heavy (non-hydrogen) atoms. The first-order chi connectivity index (χ1) is 12.5. The maximum Gasteiger partial charge on any atom is 0.269 e. The fraction of sp³-hybridized carbons (Fsp3) is 0.143. The molecule has 0 saturated heterocycles. The number of rotatable bonds is 6. The van der Waals surface area contributed by atoms with E-state index in [4.69, 9.17) is 0 Å². The zero-order valence-electron chi connectivity index (χ0n) is 14.3. The van der Waals surface area contributed by atoms with Crippen LogP contribution in [-0.4, -0.2) is 4.92 Å². The van der Waals surface area contributed by atoms with Gasteiger partial charge in [-0.2, -0.15) is 0 Å². The fourth-order valence-corrected chi connectivity index (χ4v) is 2.95. The normalized spacial score (nSPS) is 13.2. The van der Waals surface area contributed by atoms with Gasteiger partial charge in [0.15, 0.2) is 0 Å². The van der Waals surface area contributed by atoms with E-state index in [-0.39, 0.29) is 23.6 Å². The van der Waals surface area contributed by atoms with Gasteiger partial charge in [0.1, 0.15) is 5.82 Å². The highest BCUT2D eigenvalue weighted by atomic mass is 19.1. The zero-order chi connectivity index (χ0) is 18.5. The SMILES string of the molecule is C[C@@H](NC(c1ccc(F)cc1)c1cccc([N+](=O)[O-])c1)c1ccccc1. The van der Waals surface area contributed by atoms with Gasteiger partial charge in [-0.25, -0.2) is 4.39 Å². The van der Waals surface area contributed by atoms with Crippen LogP contribution in [0.5, 0.6) is 0 Å². The molecule has 0 fully saturated rings. The summed E-state index contributed by atoms with van der Waals surface area (Å²) in [5.74, 6) is -0.317. The average molecular weight is 350 g/mol. The third-order valence-electron chi connectivity index (χ3n) is 4.33. The number of nitro benzene ring substituents is 1. The van der Waals surface area contributed by atoms with E-state index in [0.717, 1.165) is 16.7 Å². The van der Waals surface area contributed by atoms with Gasteiger partial charge in [-0.15, -0.1) is 0 Å². The van der Waals surface area contributed by atoms with Gasteiger partial charge in [-0.05, 0) is 35.7 Å². The third-order valence-corrected chi connectivity index (χ3v) is 4.33. The highest BCUT2D eigenvalue weighted by Gasteiger charge is 2.19. The third kappa shape index (κ3) is 4.13. The maximum absolute atomic E-state index is 13.3. The van der Waals surface area contributed by atoms with Crippen molar-refractivity contribution < 1.29 is 9.31 Å². The molecule has 1 unspecified atom stereocenters. The van der Waals surface area contributed by atoms with E-state index in [1.165, 1.54) is 18.2 Å². The first-order valence-electron chi connectivity index (χ1n) is 8.35. The largest absolute Gasteiger partial charge is 0.300 e. The lowest BCUT2D eigenvalue weighted by Gasteiger charge is -2.24. The van der Waals surface area contributed by atoms with Crippen LogP contribution in [0.25, 0.3) is 0 Å². The molecule has 4 nitrogen and oxygen atoms in total. The van der Waals surface area contributed by atoms with Crippen molar-refractivity contribution in [2.24, 2.45) is 0 Å².